The summed E-state index contributed by atoms with van der Waals surface area (Å²) >= 11 is 0. The number of carbonyl (C=O) groups is 1. The summed E-state index contributed by atoms with van der Waals surface area (Å²) in [7, 11) is 0. The Bertz CT molecular complexity index is 170. The van der Waals surface area contributed by atoms with E-state index in [9.17, 15) is 4.79 Å². The zero-order chi connectivity index (χ0) is 13.4. The van der Waals surface area contributed by atoms with E-state index in [-0.39, 0.29) is 16.5 Å². The molecule has 0 aromatic carbocycles. The van der Waals surface area contributed by atoms with Crippen LogP contribution in [0.3, 0.4) is 0 Å². The second-order valence-corrected chi connectivity index (χ2v) is 4.26. The molecule has 0 aliphatic heterocycles. The number of hydrogen-bond acceptors (Lipinski definition) is 1. The standard InChI is InChI=1S/C12H24O2.C3H5.Ni/c1-2-3-4-5-6-7-8-9-10-11-12(13)14;1-3-2;/h2-11H2,1H3,(H,13,14);3H,1-2H2;/q;-1;. The van der Waals surface area contributed by atoms with Crippen LogP contribution in [0.5, 0.6) is 0 Å². The van der Waals surface area contributed by atoms with Crippen LogP contribution >= 0.6 is 0 Å². The minimum absolute atomic E-state index is 0. The van der Waals surface area contributed by atoms with Crippen LogP contribution in [0.4, 0.5) is 0 Å². The fraction of sp³-hybridized carbons (Fsp3) is 0.733. The molecule has 0 saturated heterocycles. The summed E-state index contributed by atoms with van der Waals surface area (Å²) in [5.74, 6) is -0.659. The van der Waals surface area contributed by atoms with E-state index in [1.54, 1.807) is 0 Å². The van der Waals surface area contributed by atoms with Gasteiger partial charge in [0.25, 0.3) is 0 Å². The minimum atomic E-state index is -0.659. The van der Waals surface area contributed by atoms with Gasteiger partial charge < -0.3 is 5.11 Å². The van der Waals surface area contributed by atoms with Gasteiger partial charge in [-0.05, 0) is 6.42 Å². The Balaban J connectivity index is -0.000000507. The second kappa shape index (κ2) is 21.8. The zero-order valence-electron chi connectivity index (χ0n) is 11.7. The molecule has 0 unspecified atom stereocenters. The summed E-state index contributed by atoms with van der Waals surface area (Å²) in [6.45, 7) is 8.73. The van der Waals surface area contributed by atoms with Crippen molar-refractivity contribution in [2.45, 2.75) is 71.1 Å². The van der Waals surface area contributed by atoms with Crippen LogP contribution in [-0.2, 0) is 21.3 Å². The van der Waals surface area contributed by atoms with Gasteiger partial charge in [0.15, 0.2) is 0 Å². The average molecular weight is 300 g/mol. The van der Waals surface area contributed by atoms with Crippen molar-refractivity contribution in [3.63, 3.8) is 0 Å². The molecular weight excluding hydrogens is 271 g/mol. The molecule has 0 aromatic heterocycles. The summed E-state index contributed by atoms with van der Waals surface area (Å²) in [6, 6.07) is 0. The van der Waals surface area contributed by atoms with E-state index in [4.69, 9.17) is 5.11 Å². The van der Waals surface area contributed by atoms with Crippen LogP contribution < -0.4 is 0 Å². The van der Waals surface area contributed by atoms with E-state index in [1.807, 2.05) is 0 Å². The van der Waals surface area contributed by atoms with Crippen molar-refractivity contribution in [2.75, 3.05) is 0 Å². The third-order valence-electron chi connectivity index (χ3n) is 2.49. The maximum Gasteiger partial charge on any atom is 0.303 e. The molecule has 0 spiro atoms. The van der Waals surface area contributed by atoms with Crippen molar-refractivity contribution in [1.82, 2.24) is 0 Å². The molecule has 2 nitrogen and oxygen atoms in total. The molecule has 0 amide bonds. The molecule has 0 atom stereocenters. The number of carboxylic acids is 1. The van der Waals surface area contributed by atoms with Gasteiger partial charge >= 0.3 is 5.97 Å². The molecule has 0 aliphatic carbocycles. The van der Waals surface area contributed by atoms with Crippen molar-refractivity contribution in [3.05, 3.63) is 19.6 Å². The van der Waals surface area contributed by atoms with Crippen LogP contribution in [-0.4, -0.2) is 11.1 Å². The number of unbranched alkanes of at least 4 members (excludes halogenated alkanes) is 8. The molecular formula is C15H29NiO2-. The number of aliphatic carboxylic acids is 1. The molecule has 0 bridgehead atoms. The SMILES string of the molecule is C=C[CH2-].CCCCCCCCCCCC(=O)O.[Ni]. The number of carboxylic acid groups (broad SMARTS) is 1. The van der Waals surface area contributed by atoms with Crippen molar-refractivity contribution < 1.29 is 26.4 Å². The second-order valence-electron chi connectivity index (χ2n) is 4.26. The Morgan fingerprint density at radius 1 is 1.06 bits per heavy atom. The smallest absolute Gasteiger partial charge is 0.303 e. The largest absolute Gasteiger partial charge is 0.481 e. The Kier molecular flexibility index (Phi) is 27.5. The average Bonchev–Trinajstić information content (AvgIpc) is 2.27. The molecule has 0 heterocycles. The van der Waals surface area contributed by atoms with Crippen molar-refractivity contribution in [3.8, 4) is 0 Å². The third-order valence-corrected chi connectivity index (χ3v) is 2.49. The molecule has 0 saturated carbocycles. The molecule has 3 heteroatoms. The van der Waals surface area contributed by atoms with Crippen molar-refractivity contribution >= 4 is 5.97 Å². The van der Waals surface area contributed by atoms with E-state index in [1.165, 1.54) is 51.0 Å². The van der Waals surface area contributed by atoms with Crippen LogP contribution in [0.1, 0.15) is 71.1 Å². The topological polar surface area (TPSA) is 37.3 Å². The van der Waals surface area contributed by atoms with Crippen LogP contribution in [0.2, 0.25) is 0 Å². The molecule has 0 radical (unpaired) electrons. The molecule has 1 N–H and O–H groups in total. The Morgan fingerprint density at radius 2 is 1.39 bits per heavy atom. The van der Waals surface area contributed by atoms with Gasteiger partial charge in [-0.25, -0.2) is 19.6 Å². The number of rotatable bonds is 10. The van der Waals surface area contributed by atoms with E-state index in [0.29, 0.717) is 6.42 Å². The van der Waals surface area contributed by atoms with Crippen LogP contribution in [0.15, 0.2) is 12.7 Å². The van der Waals surface area contributed by atoms with Crippen molar-refractivity contribution in [2.24, 2.45) is 0 Å². The van der Waals surface area contributed by atoms with E-state index >= 15 is 0 Å². The monoisotopic (exact) mass is 299 g/mol. The van der Waals surface area contributed by atoms with E-state index < -0.39 is 5.97 Å². The molecule has 0 rings (SSSR count). The normalized spacial score (nSPS) is 8.72. The van der Waals surface area contributed by atoms with Crippen LogP contribution in [0, 0.1) is 6.92 Å². The predicted molar refractivity (Wildman–Crippen MR) is 75.0 cm³/mol. The summed E-state index contributed by atoms with van der Waals surface area (Å²) < 4.78 is 0. The van der Waals surface area contributed by atoms with Gasteiger partial charge in [-0.15, -0.1) is 0 Å². The van der Waals surface area contributed by atoms with Gasteiger partial charge in [0.2, 0.25) is 0 Å². The predicted octanol–water partition coefficient (Wildman–Crippen LogP) is 5.00. The van der Waals surface area contributed by atoms with E-state index in [0.717, 1.165) is 12.8 Å². The first kappa shape index (κ1) is 22.7. The number of hydrogen-bond donors (Lipinski definition) is 1. The quantitative estimate of drug-likeness (QED) is 0.350. The van der Waals surface area contributed by atoms with E-state index in [2.05, 4.69) is 20.4 Å². The first-order valence-electron chi connectivity index (χ1n) is 6.80. The van der Waals surface area contributed by atoms with Gasteiger partial charge in [0, 0.05) is 22.9 Å². The maximum atomic E-state index is 10.2. The number of allylic oxidation sites excluding steroid dienone is 1. The zero-order valence-corrected chi connectivity index (χ0v) is 12.7. The third kappa shape index (κ3) is 29.6. The minimum Gasteiger partial charge on any atom is -0.481 e. The molecule has 0 aromatic rings. The van der Waals surface area contributed by atoms with Gasteiger partial charge in [0.1, 0.15) is 0 Å². The van der Waals surface area contributed by atoms with Gasteiger partial charge in [-0.2, -0.15) is 0 Å². The fourth-order valence-corrected chi connectivity index (χ4v) is 1.59. The van der Waals surface area contributed by atoms with Gasteiger partial charge in [-0.1, -0.05) is 58.3 Å². The van der Waals surface area contributed by atoms with Crippen molar-refractivity contribution in [1.29, 1.82) is 0 Å². The molecule has 0 aliphatic rings. The summed E-state index contributed by atoms with van der Waals surface area (Å²) in [5, 5.41) is 8.41. The molecule has 0 fully saturated rings. The first-order valence-corrected chi connectivity index (χ1v) is 6.80. The molecule has 112 valence electrons. The summed E-state index contributed by atoms with van der Waals surface area (Å²) in [5.41, 5.74) is 0. The first-order chi connectivity index (χ1) is 8.18. The molecule has 18 heavy (non-hydrogen) atoms. The Morgan fingerprint density at radius 3 is 1.72 bits per heavy atom. The van der Waals surface area contributed by atoms with Gasteiger partial charge in [-0.3, -0.25) is 4.79 Å². The maximum absolute atomic E-state index is 10.2. The Hall–Kier alpha value is -0.426. The summed E-state index contributed by atoms with van der Waals surface area (Å²) in [4.78, 5) is 10.2. The fourth-order valence-electron chi connectivity index (χ4n) is 1.59. The Labute approximate surface area is 123 Å². The van der Waals surface area contributed by atoms with Crippen LogP contribution in [0.25, 0.3) is 0 Å². The summed E-state index contributed by atoms with van der Waals surface area (Å²) in [6.07, 6.45) is 13.0. The van der Waals surface area contributed by atoms with Gasteiger partial charge in [0.05, 0.1) is 0 Å².